The molecule has 4 rings (SSSR count). The van der Waals surface area contributed by atoms with Crippen LogP contribution in [-0.2, 0) is 0 Å². The van der Waals surface area contributed by atoms with Crippen LogP contribution in [0.15, 0.2) is 67.1 Å². The monoisotopic (exact) mass is 381 g/mol. The molecule has 4 aromatic rings. The summed E-state index contributed by atoms with van der Waals surface area (Å²) >= 11 is 0. The van der Waals surface area contributed by atoms with Crippen LogP contribution in [0.5, 0.6) is 0 Å². The van der Waals surface area contributed by atoms with E-state index in [0.717, 1.165) is 10.3 Å². The topological polar surface area (TPSA) is 64.7 Å². The summed E-state index contributed by atoms with van der Waals surface area (Å²) < 4.78 is 29.8. The Hall–Kier alpha value is -3.55. The number of alkyl halides is 2. The Morgan fingerprint density at radius 2 is 1.79 bits per heavy atom. The number of para-hydroxylation sites is 3. The van der Waals surface area contributed by atoms with Crippen LogP contribution in [0.2, 0.25) is 0 Å². The number of benzene rings is 2. The van der Waals surface area contributed by atoms with E-state index in [1.54, 1.807) is 35.8 Å². The van der Waals surface area contributed by atoms with Crippen molar-refractivity contribution in [2.24, 2.45) is 0 Å². The second-order valence-electron chi connectivity index (χ2n) is 6.29. The summed E-state index contributed by atoms with van der Waals surface area (Å²) in [4.78, 5) is 21.1. The maximum Gasteiger partial charge on any atom is 0.320 e. The number of carbonyl (C=O) groups is 1. The van der Waals surface area contributed by atoms with E-state index in [1.165, 1.54) is 12.5 Å². The van der Waals surface area contributed by atoms with E-state index < -0.39 is 18.5 Å². The third kappa shape index (κ3) is 3.13. The Kier molecular flexibility index (Phi) is 4.60. The van der Waals surface area contributed by atoms with Crippen molar-refractivity contribution in [2.75, 3.05) is 0 Å². The minimum Gasteiger partial charge on any atom is -0.341 e. The van der Waals surface area contributed by atoms with Gasteiger partial charge >= 0.3 is 6.55 Å². The van der Waals surface area contributed by atoms with Crippen molar-refractivity contribution >= 4 is 16.9 Å². The van der Waals surface area contributed by atoms with Gasteiger partial charge in [0.2, 0.25) is 0 Å². The molecule has 0 fully saturated rings. The van der Waals surface area contributed by atoms with Crippen LogP contribution < -0.4 is 5.32 Å². The third-order valence-corrected chi connectivity index (χ3v) is 4.46. The molecule has 6 nitrogen and oxygen atoms in total. The first kappa shape index (κ1) is 17.8. The fourth-order valence-electron chi connectivity index (χ4n) is 3.17. The van der Waals surface area contributed by atoms with Gasteiger partial charge in [-0.3, -0.25) is 13.9 Å². The van der Waals surface area contributed by atoms with Gasteiger partial charge in [0, 0.05) is 5.69 Å². The van der Waals surface area contributed by atoms with Gasteiger partial charge in [-0.15, -0.1) is 0 Å². The molecule has 0 saturated heterocycles. The first-order valence-electron chi connectivity index (χ1n) is 8.70. The highest BCUT2D eigenvalue weighted by Gasteiger charge is 2.24. The average Bonchev–Trinajstić information content (AvgIpc) is 3.33. The Bertz CT molecular complexity index is 1120. The summed E-state index contributed by atoms with van der Waals surface area (Å²) in [5.41, 5.74) is 1.85. The second-order valence-corrected chi connectivity index (χ2v) is 6.29. The zero-order valence-electron chi connectivity index (χ0n) is 15.0. The molecule has 2 aromatic heterocycles. The molecule has 1 atom stereocenters. The molecule has 0 aliphatic carbocycles. The van der Waals surface area contributed by atoms with Crippen molar-refractivity contribution in [1.29, 1.82) is 0 Å². The van der Waals surface area contributed by atoms with Crippen LogP contribution >= 0.6 is 0 Å². The zero-order valence-corrected chi connectivity index (χ0v) is 15.0. The number of fused-ring (bicyclic) bond motifs is 1. The molecule has 8 heteroatoms. The molecule has 142 valence electrons. The highest BCUT2D eigenvalue weighted by Crippen LogP contribution is 2.26. The average molecular weight is 381 g/mol. The smallest absolute Gasteiger partial charge is 0.320 e. The van der Waals surface area contributed by atoms with Crippen molar-refractivity contribution < 1.29 is 13.6 Å². The normalized spacial score (nSPS) is 12.4. The third-order valence-electron chi connectivity index (χ3n) is 4.46. The maximum absolute atomic E-state index is 13.6. The number of hydrogen-bond acceptors (Lipinski definition) is 3. The second kappa shape index (κ2) is 7.22. The molecule has 1 amide bonds. The van der Waals surface area contributed by atoms with Crippen LogP contribution in [0.25, 0.3) is 16.7 Å². The minimum absolute atomic E-state index is 0.0929. The van der Waals surface area contributed by atoms with E-state index in [0.29, 0.717) is 16.7 Å². The number of carbonyl (C=O) groups excluding carboxylic acids is 1. The number of nitrogens with one attached hydrogen (secondary N) is 1. The van der Waals surface area contributed by atoms with Gasteiger partial charge in [0.25, 0.3) is 5.91 Å². The van der Waals surface area contributed by atoms with E-state index in [2.05, 4.69) is 15.3 Å². The Labute approximate surface area is 159 Å². The van der Waals surface area contributed by atoms with E-state index >= 15 is 0 Å². The summed E-state index contributed by atoms with van der Waals surface area (Å²) in [7, 11) is 0. The van der Waals surface area contributed by atoms with Crippen LogP contribution in [0.4, 0.5) is 8.78 Å². The molecule has 2 heterocycles. The summed E-state index contributed by atoms with van der Waals surface area (Å²) in [5.74, 6) is -0.336. The quantitative estimate of drug-likeness (QED) is 0.566. The number of aromatic nitrogens is 4. The van der Waals surface area contributed by atoms with Crippen LogP contribution in [0, 0.1) is 0 Å². The molecule has 2 aromatic carbocycles. The first-order chi connectivity index (χ1) is 13.6. The number of halogens is 2. The van der Waals surface area contributed by atoms with E-state index in [4.69, 9.17) is 0 Å². The van der Waals surface area contributed by atoms with Crippen molar-refractivity contribution in [2.45, 2.75) is 19.5 Å². The van der Waals surface area contributed by atoms with Crippen molar-refractivity contribution in [3.8, 4) is 5.69 Å². The number of amides is 1. The van der Waals surface area contributed by atoms with Crippen LogP contribution in [0.1, 0.15) is 35.8 Å². The predicted octanol–water partition coefficient (Wildman–Crippen LogP) is 4.11. The summed E-state index contributed by atoms with van der Waals surface area (Å²) in [5, 5.41) is 2.75. The number of nitrogens with zero attached hydrogens (tertiary/aromatic N) is 4. The van der Waals surface area contributed by atoms with Gasteiger partial charge in [0.1, 0.15) is 11.5 Å². The molecule has 0 saturated carbocycles. The van der Waals surface area contributed by atoms with E-state index in [1.807, 2.05) is 30.3 Å². The van der Waals surface area contributed by atoms with E-state index in [9.17, 15) is 13.6 Å². The standard InChI is InChI=1S/C20H17F2N5O/c1-13(18-25-15-9-5-6-10-16(15)27(18)20(21)22)24-19(28)17-11-23-12-26(17)14-7-3-2-4-8-14/h2-13,20H,1H3,(H,24,28). The molecule has 0 radical (unpaired) electrons. The van der Waals surface area contributed by atoms with Gasteiger partial charge in [-0.1, -0.05) is 30.3 Å². The highest BCUT2D eigenvalue weighted by molar-refractivity contribution is 5.93. The molecular weight excluding hydrogens is 364 g/mol. The number of hydrogen-bond donors (Lipinski definition) is 1. The largest absolute Gasteiger partial charge is 0.341 e. The molecule has 1 N–H and O–H groups in total. The molecular formula is C20H17F2N5O. The first-order valence-corrected chi connectivity index (χ1v) is 8.70. The zero-order chi connectivity index (χ0) is 19.7. The fraction of sp³-hybridized carbons (Fsp3) is 0.150. The molecule has 0 aliphatic heterocycles. The lowest BCUT2D eigenvalue weighted by molar-refractivity contribution is 0.0687. The molecule has 0 spiro atoms. The van der Waals surface area contributed by atoms with E-state index in [-0.39, 0.29) is 5.82 Å². The summed E-state index contributed by atoms with van der Waals surface area (Å²) in [6.07, 6.45) is 2.97. The Balaban J connectivity index is 1.64. The van der Waals surface area contributed by atoms with Crippen LogP contribution in [0.3, 0.4) is 0 Å². The van der Waals surface area contributed by atoms with Gasteiger partial charge in [-0.2, -0.15) is 8.78 Å². The summed E-state index contributed by atoms with van der Waals surface area (Å²) in [6.45, 7) is -1.14. The number of rotatable bonds is 5. The fourth-order valence-corrected chi connectivity index (χ4v) is 3.17. The predicted molar refractivity (Wildman–Crippen MR) is 100 cm³/mol. The lowest BCUT2D eigenvalue weighted by atomic mass is 10.2. The van der Waals surface area contributed by atoms with Crippen molar-refractivity contribution in [1.82, 2.24) is 24.4 Å². The van der Waals surface area contributed by atoms with Gasteiger partial charge < -0.3 is 5.32 Å². The van der Waals surface area contributed by atoms with Gasteiger partial charge in [0.05, 0.1) is 29.6 Å². The van der Waals surface area contributed by atoms with Crippen molar-refractivity contribution in [3.63, 3.8) is 0 Å². The maximum atomic E-state index is 13.6. The Morgan fingerprint density at radius 1 is 1.07 bits per heavy atom. The molecule has 0 aliphatic rings. The van der Waals surface area contributed by atoms with Crippen molar-refractivity contribution in [3.05, 3.63) is 78.6 Å². The minimum atomic E-state index is -2.77. The molecule has 28 heavy (non-hydrogen) atoms. The molecule has 0 bridgehead atoms. The molecule has 1 unspecified atom stereocenters. The highest BCUT2D eigenvalue weighted by atomic mass is 19.3. The lowest BCUT2D eigenvalue weighted by Gasteiger charge is -2.16. The summed E-state index contributed by atoms with van der Waals surface area (Å²) in [6, 6.07) is 15.2. The SMILES string of the molecule is CC(NC(=O)c1cncn1-c1ccccc1)c1nc2ccccc2n1C(F)F. The Morgan fingerprint density at radius 3 is 2.54 bits per heavy atom. The van der Waals surface area contributed by atoms with Crippen LogP contribution in [-0.4, -0.2) is 25.0 Å². The lowest BCUT2D eigenvalue weighted by Crippen LogP contribution is -2.30. The van der Waals surface area contributed by atoms with Gasteiger partial charge in [-0.25, -0.2) is 9.97 Å². The van der Waals surface area contributed by atoms with Gasteiger partial charge in [-0.05, 0) is 31.2 Å². The van der Waals surface area contributed by atoms with Gasteiger partial charge in [0.15, 0.2) is 0 Å². The number of imidazole rings is 2.